The van der Waals surface area contributed by atoms with E-state index in [2.05, 4.69) is 99.0 Å². The molecule has 458 valence electrons. The minimum atomic E-state index is -4.71. The molecule has 0 fully saturated rings. The van der Waals surface area contributed by atoms with Crippen molar-refractivity contribution in [2.75, 3.05) is 40.9 Å². The molecule has 0 aromatic rings. The molecule has 10 heteroatoms. The lowest BCUT2D eigenvalue weighted by Gasteiger charge is -2.30. The fourth-order valence-corrected chi connectivity index (χ4v) is 9.97. The van der Waals surface area contributed by atoms with Crippen molar-refractivity contribution in [2.24, 2.45) is 0 Å². The third-order valence-corrected chi connectivity index (χ3v) is 15.3. The molecule has 0 bridgehead atoms. The molecule has 0 aliphatic heterocycles. The normalized spacial score (nSPS) is 14.2. The van der Waals surface area contributed by atoms with Crippen molar-refractivity contribution in [1.29, 1.82) is 0 Å². The number of esters is 1. The van der Waals surface area contributed by atoms with Gasteiger partial charge in [-0.3, -0.25) is 14.2 Å². The third kappa shape index (κ3) is 59.6. The minimum Gasteiger partial charge on any atom is -0.756 e. The van der Waals surface area contributed by atoms with Crippen LogP contribution < -0.4 is 10.2 Å². The van der Waals surface area contributed by atoms with Crippen LogP contribution in [0.4, 0.5) is 0 Å². The van der Waals surface area contributed by atoms with Crippen LogP contribution in [0.25, 0.3) is 0 Å². The summed E-state index contributed by atoms with van der Waals surface area (Å²) in [6.45, 7) is 6.72. The average Bonchev–Trinajstić information content (AvgIpc) is 3.41. The second kappa shape index (κ2) is 58.4. The molecule has 3 atom stereocenters. The molecule has 0 aromatic carbocycles. The van der Waals surface area contributed by atoms with E-state index in [0.717, 1.165) is 109 Å². The molecule has 9 nitrogen and oxygen atoms in total. The molecule has 79 heavy (non-hydrogen) atoms. The number of quaternary nitrogens is 1. The summed E-state index contributed by atoms with van der Waals surface area (Å²) in [5.74, 6) is -0.560. The number of nitrogens with zero attached hydrogens (tertiary/aromatic N) is 1. The maximum Gasteiger partial charge on any atom is 0.306 e. The van der Waals surface area contributed by atoms with Crippen LogP contribution in [-0.2, 0) is 27.9 Å². The van der Waals surface area contributed by atoms with E-state index >= 15 is 0 Å². The Bertz CT molecular complexity index is 1630. The zero-order valence-electron chi connectivity index (χ0n) is 52.3. The molecule has 1 N–H and O–H groups in total. The van der Waals surface area contributed by atoms with Crippen LogP contribution in [0.5, 0.6) is 0 Å². The van der Waals surface area contributed by atoms with Crippen LogP contribution in [0.15, 0.2) is 85.1 Å². The number of amides is 1. The molecule has 0 aliphatic rings. The summed E-state index contributed by atoms with van der Waals surface area (Å²) >= 11 is 0. The second-order valence-electron chi connectivity index (χ2n) is 23.2. The van der Waals surface area contributed by atoms with E-state index in [-0.39, 0.29) is 24.9 Å². The summed E-state index contributed by atoms with van der Waals surface area (Å²) in [5.41, 5.74) is 0. The first-order chi connectivity index (χ1) is 38.4. The van der Waals surface area contributed by atoms with Crippen molar-refractivity contribution in [2.45, 2.75) is 303 Å². The number of carbonyl (C=O) groups is 2. The van der Waals surface area contributed by atoms with E-state index in [9.17, 15) is 19.0 Å². The zero-order chi connectivity index (χ0) is 57.9. The van der Waals surface area contributed by atoms with Crippen molar-refractivity contribution >= 4 is 19.7 Å². The summed E-state index contributed by atoms with van der Waals surface area (Å²) in [7, 11) is 1.17. The number of likely N-dealkylation sites (N-methyl/N-ethyl adjacent to an activating group) is 1. The smallest absolute Gasteiger partial charge is 0.306 e. The third-order valence-electron chi connectivity index (χ3n) is 14.3. The fraction of sp³-hybridized carbons (Fsp3) is 0.768. The Morgan fingerprint density at radius 1 is 0.456 bits per heavy atom. The van der Waals surface area contributed by atoms with Gasteiger partial charge in [-0.2, -0.15) is 0 Å². The predicted octanol–water partition coefficient (Wildman–Crippen LogP) is 19.9. The molecule has 0 radical (unpaired) electrons. The van der Waals surface area contributed by atoms with Gasteiger partial charge in [0.05, 0.1) is 33.8 Å². The Morgan fingerprint density at radius 3 is 1.24 bits per heavy atom. The molecule has 3 unspecified atom stereocenters. The SMILES string of the molecule is CC/C=C\C/C=C\C/C=C\C/C=C\C/C=C\CCCCCCCCCCCCCC(=O)NC(COP(=O)([O-])OCC[N+](C)(C)C)C(/C=C\CCCCCCCCCCCCC)OC(=O)CCCCC/C=C\CCCCCCCC. The highest BCUT2D eigenvalue weighted by Gasteiger charge is 2.27. The van der Waals surface area contributed by atoms with Gasteiger partial charge in [-0.05, 0) is 102 Å². The number of rotatable bonds is 59. The van der Waals surface area contributed by atoms with E-state index in [1.165, 1.54) is 141 Å². The maximum atomic E-state index is 13.6. The molecule has 0 spiro atoms. The summed E-state index contributed by atoms with van der Waals surface area (Å²) in [6.07, 6.45) is 77.0. The van der Waals surface area contributed by atoms with Gasteiger partial charge in [0, 0.05) is 12.8 Å². The number of phosphoric ester groups is 1. The van der Waals surface area contributed by atoms with Crippen molar-refractivity contribution in [1.82, 2.24) is 5.32 Å². The van der Waals surface area contributed by atoms with Crippen LogP contribution >= 0.6 is 7.82 Å². The van der Waals surface area contributed by atoms with Crippen molar-refractivity contribution in [3.8, 4) is 0 Å². The van der Waals surface area contributed by atoms with E-state index in [4.69, 9.17) is 13.8 Å². The van der Waals surface area contributed by atoms with Gasteiger partial charge >= 0.3 is 5.97 Å². The minimum absolute atomic E-state index is 0.0273. The number of nitrogens with one attached hydrogen (secondary N) is 1. The first kappa shape index (κ1) is 76.2. The van der Waals surface area contributed by atoms with Crippen LogP contribution in [0.2, 0.25) is 0 Å². The number of ether oxygens (including phenoxy) is 1. The van der Waals surface area contributed by atoms with Crippen LogP contribution in [0.3, 0.4) is 0 Å². The number of carbonyl (C=O) groups excluding carboxylic acids is 2. The fourth-order valence-electron chi connectivity index (χ4n) is 9.25. The van der Waals surface area contributed by atoms with E-state index in [0.29, 0.717) is 23.9 Å². The topological polar surface area (TPSA) is 114 Å². The number of unbranched alkanes of at least 4 members (excludes halogenated alkanes) is 31. The highest BCUT2D eigenvalue weighted by Crippen LogP contribution is 2.38. The average molecular weight is 1130 g/mol. The van der Waals surface area contributed by atoms with E-state index in [1.54, 1.807) is 0 Å². The van der Waals surface area contributed by atoms with Gasteiger partial charge in [0.15, 0.2) is 0 Å². The standard InChI is InChI=1S/C69H125N2O7P/c1-7-10-13-16-19-22-25-28-29-30-31-32-33-34-35-36-37-38-39-40-41-44-46-49-52-55-58-61-68(72)70-66(65-77-79(74,75)76-64-63-71(4,5)6)67(60-57-54-51-48-45-42-26-23-20-17-14-11-8-2)78-69(73)62-59-56-53-50-47-43-27-24-21-18-15-12-9-3/h10,13,19,22,28-29,31-32,34-35,43,47,57,60,66-67H,7-9,11-12,14-18,20-21,23-27,30,33,36-42,44-46,48-56,58-59,61-65H2,1-6H3,(H-,70,72,74,75)/b13-10-,22-19-,29-28-,32-31-,35-34-,47-43-,60-57-. The summed E-state index contributed by atoms with van der Waals surface area (Å²) < 4.78 is 30.3. The molecule has 1 amide bonds. The lowest BCUT2D eigenvalue weighted by Crippen LogP contribution is -2.47. The van der Waals surface area contributed by atoms with Crippen LogP contribution in [0, 0.1) is 0 Å². The molecule has 0 aliphatic carbocycles. The number of hydrogen-bond acceptors (Lipinski definition) is 7. The van der Waals surface area contributed by atoms with Crippen LogP contribution in [0.1, 0.15) is 290 Å². The van der Waals surface area contributed by atoms with E-state index < -0.39 is 26.6 Å². The molecule has 0 saturated heterocycles. The lowest BCUT2D eigenvalue weighted by atomic mass is 10.0. The highest BCUT2D eigenvalue weighted by atomic mass is 31.2. The highest BCUT2D eigenvalue weighted by molar-refractivity contribution is 7.45. The first-order valence-corrected chi connectivity index (χ1v) is 34.4. The molecular formula is C69H125N2O7P. The van der Waals surface area contributed by atoms with Gasteiger partial charge in [0.2, 0.25) is 5.91 Å². The summed E-state index contributed by atoms with van der Waals surface area (Å²) in [5, 5.41) is 3.03. The summed E-state index contributed by atoms with van der Waals surface area (Å²) in [6, 6.07) is -0.899. The zero-order valence-corrected chi connectivity index (χ0v) is 53.2. The van der Waals surface area contributed by atoms with Gasteiger partial charge in [-0.1, -0.05) is 260 Å². The molecule has 0 heterocycles. The van der Waals surface area contributed by atoms with Gasteiger partial charge in [-0.15, -0.1) is 0 Å². The Labute approximate surface area is 488 Å². The quantitative estimate of drug-likeness (QED) is 0.0212. The molecular weight excluding hydrogens is 1000 g/mol. The number of hydrogen-bond donors (Lipinski definition) is 1. The largest absolute Gasteiger partial charge is 0.756 e. The Kier molecular flexibility index (Phi) is 56.3. The van der Waals surface area contributed by atoms with Crippen molar-refractivity contribution < 1.29 is 37.3 Å². The van der Waals surface area contributed by atoms with E-state index in [1.807, 2.05) is 33.3 Å². The number of allylic oxidation sites excluding steroid dienone is 13. The second-order valence-corrected chi connectivity index (χ2v) is 24.6. The summed E-state index contributed by atoms with van der Waals surface area (Å²) in [4.78, 5) is 40.0. The van der Waals surface area contributed by atoms with Crippen molar-refractivity contribution in [3.63, 3.8) is 0 Å². The van der Waals surface area contributed by atoms with Crippen LogP contribution in [-0.4, -0.2) is 69.4 Å². The number of phosphoric acid groups is 1. The molecule has 0 saturated carbocycles. The first-order valence-electron chi connectivity index (χ1n) is 32.9. The maximum absolute atomic E-state index is 13.6. The lowest BCUT2D eigenvalue weighted by molar-refractivity contribution is -0.870. The molecule has 0 aromatic heterocycles. The Morgan fingerprint density at radius 2 is 0.810 bits per heavy atom. The van der Waals surface area contributed by atoms with Crippen molar-refractivity contribution in [3.05, 3.63) is 85.1 Å². The predicted molar refractivity (Wildman–Crippen MR) is 339 cm³/mol. The van der Waals surface area contributed by atoms with Gasteiger partial charge in [0.25, 0.3) is 7.82 Å². The van der Waals surface area contributed by atoms with Gasteiger partial charge in [-0.25, -0.2) is 0 Å². The Balaban J connectivity index is 5.10. The van der Waals surface area contributed by atoms with Gasteiger partial charge < -0.3 is 28.5 Å². The monoisotopic (exact) mass is 1120 g/mol. The van der Waals surface area contributed by atoms with Gasteiger partial charge in [0.1, 0.15) is 19.3 Å². The molecule has 0 rings (SSSR count). The Hall–Kier alpha value is -2.81.